The number of nitrogens with zero attached hydrogens (tertiary/aromatic N) is 5. The van der Waals surface area contributed by atoms with Gasteiger partial charge >= 0.3 is 0 Å². The van der Waals surface area contributed by atoms with Crippen molar-refractivity contribution in [1.29, 1.82) is 0 Å². The molecule has 0 atom stereocenters. The Balaban J connectivity index is 1.27. The monoisotopic (exact) mass is 435 g/mol. The van der Waals surface area contributed by atoms with Crippen LogP contribution < -0.4 is 10.5 Å². The third kappa shape index (κ3) is 3.78. The molecule has 0 spiro atoms. The van der Waals surface area contributed by atoms with Crippen molar-refractivity contribution in [3.8, 4) is 0 Å². The molecule has 0 N–H and O–H groups in total. The second kappa shape index (κ2) is 8.41. The Hall–Kier alpha value is -3.16. The second-order valence-corrected chi connectivity index (χ2v) is 8.94. The molecule has 8 nitrogen and oxygen atoms in total. The highest BCUT2D eigenvalue weighted by molar-refractivity contribution is 5.82. The lowest BCUT2D eigenvalue weighted by Crippen LogP contribution is -2.49. The Labute approximate surface area is 186 Å². The number of carbonyl (C=O) groups excluding carboxylic acids is 1. The van der Waals surface area contributed by atoms with E-state index in [-0.39, 0.29) is 17.5 Å². The first kappa shape index (κ1) is 20.7. The van der Waals surface area contributed by atoms with Crippen LogP contribution in [0.1, 0.15) is 48.7 Å². The SMILES string of the molecule is Cc1noc(C)c1CC(=O)N1CCN(c2ccc3c(=O)n(C4CCCC4)cnc3c2)CC1. The summed E-state index contributed by atoms with van der Waals surface area (Å²) >= 11 is 0. The second-order valence-electron chi connectivity index (χ2n) is 8.94. The molecule has 168 valence electrons. The summed E-state index contributed by atoms with van der Waals surface area (Å²) in [6.07, 6.45) is 6.53. The Bertz CT molecular complexity index is 1180. The van der Waals surface area contributed by atoms with Crippen LogP contribution >= 0.6 is 0 Å². The van der Waals surface area contributed by atoms with Gasteiger partial charge in [0.05, 0.1) is 29.3 Å². The lowest BCUT2D eigenvalue weighted by Gasteiger charge is -2.36. The van der Waals surface area contributed by atoms with E-state index < -0.39 is 0 Å². The molecular formula is C24H29N5O3. The van der Waals surface area contributed by atoms with Gasteiger partial charge in [-0.3, -0.25) is 14.2 Å². The van der Waals surface area contributed by atoms with Gasteiger partial charge in [-0.2, -0.15) is 0 Å². The molecule has 0 bridgehead atoms. The molecule has 8 heteroatoms. The van der Waals surface area contributed by atoms with E-state index in [0.29, 0.717) is 30.7 Å². The maximum Gasteiger partial charge on any atom is 0.261 e. The zero-order chi connectivity index (χ0) is 22.2. The number of hydrogen-bond donors (Lipinski definition) is 0. The van der Waals surface area contributed by atoms with Crippen molar-refractivity contribution in [3.05, 3.63) is 51.9 Å². The average Bonchev–Trinajstić information content (AvgIpc) is 3.45. The van der Waals surface area contributed by atoms with E-state index in [0.717, 1.165) is 48.4 Å². The van der Waals surface area contributed by atoms with E-state index >= 15 is 0 Å². The highest BCUT2D eigenvalue weighted by Gasteiger charge is 2.24. The summed E-state index contributed by atoms with van der Waals surface area (Å²) < 4.78 is 7.00. The van der Waals surface area contributed by atoms with Gasteiger partial charge in [0.25, 0.3) is 5.56 Å². The van der Waals surface area contributed by atoms with Crippen molar-refractivity contribution >= 4 is 22.5 Å². The van der Waals surface area contributed by atoms with E-state index in [1.54, 1.807) is 6.33 Å². The van der Waals surface area contributed by atoms with Crippen LogP contribution in [0.4, 0.5) is 5.69 Å². The van der Waals surface area contributed by atoms with Crippen LogP contribution in [0, 0.1) is 13.8 Å². The summed E-state index contributed by atoms with van der Waals surface area (Å²) in [5, 5.41) is 4.62. The van der Waals surface area contributed by atoms with Crippen molar-refractivity contribution in [2.75, 3.05) is 31.1 Å². The molecular weight excluding hydrogens is 406 g/mol. The molecule has 1 aliphatic heterocycles. The maximum atomic E-state index is 13.0. The molecule has 2 aliphatic rings. The van der Waals surface area contributed by atoms with Crippen molar-refractivity contribution in [3.63, 3.8) is 0 Å². The number of anilines is 1. The Morgan fingerprint density at radius 3 is 2.56 bits per heavy atom. The molecule has 32 heavy (non-hydrogen) atoms. The van der Waals surface area contributed by atoms with Crippen LogP contribution in [-0.4, -0.2) is 51.7 Å². The zero-order valence-corrected chi connectivity index (χ0v) is 18.7. The average molecular weight is 436 g/mol. The van der Waals surface area contributed by atoms with Gasteiger partial charge in [0, 0.05) is 43.5 Å². The van der Waals surface area contributed by atoms with Crippen molar-refractivity contribution in [2.45, 2.75) is 52.0 Å². The number of benzene rings is 1. The molecule has 3 aromatic rings. The minimum atomic E-state index is 0.0585. The fourth-order valence-corrected chi connectivity index (χ4v) is 4.99. The van der Waals surface area contributed by atoms with Gasteiger partial charge in [0.15, 0.2) is 0 Å². The molecule has 1 aliphatic carbocycles. The molecule has 1 saturated carbocycles. The summed E-state index contributed by atoms with van der Waals surface area (Å²) in [5.41, 5.74) is 3.51. The number of aryl methyl sites for hydroxylation is 2. The minimum absolute atomic E-state index is 0.0585. The number of hydrogen-bond acceptors (Lipinski definition) is 6. The smallest absolute Gasteiger partial charge is 0.261 e. The number of amides is 1. The Morgan fingerprint density at radius 2 is 1.88 bits per heavy atom. The van der Waals surface area contributed by atoms with Gasteiger partial charge in [-0.25, -0.2) is 4.98 Å². The molecule has 3 heterocycles. The summed E-state index contributed by atoms with van der Waals surface area (Å²) in [6.45, 7) is 6.54. The predicted molar refractivity (Wildman–Crippen MR) is 122 cm³/mol. The normalized spacial score (nSPS) is 17.4. The first-order valence-electron chi connectivity index (χ1n) is 11.5. The number of fused-ring (bicyclic) bond motifs is 1. The standard InChI is InChI=1S/C24H29N5O3/c1-16-21(17(2)32-26-16)14-23(30)28-11-9-27(10-12-28)19-7-8-20-22(13-19)25-15-29(24(20)31)18-5-3-4-6-18/h7-8,13,15,18H,3-6,9-12,14H2,1-2H3. The third-order valence-corrected chi connectivity index (χ3v) is 6.99. The molecule has 1 amide bonds. The predicted octanol–water partition coefficient (Wildman–Crippen LogP) is 3.01. The van der Waals surface area contributed by atoms with Gasteiger partial charge in [0.2, 0.25) is 5.91 Å². The van der Waals surface area contributed by atoms with Crippen molar-refractivity contribution < 1.29 is 9.32 Å². The van der Waals surface area contributed by atoms with E-state index in [1.165, 1.54) is 12.8 Å². The van der Waals surface area contributed by atoms with Gasteiger partial charge in [-0.05, 0) is 44.9 Å². The Morgan fingerprint density at radius 1 is 1.12 bits per heavy atom. The van der Waals surface area contributed by atoms with E-state index in [4.69, 9.17) is 4.52 Å². The maximum absolute atomic E-state index is 13.0. The molecule has 0 radical (unpaired) electrons. The van der Waals surface area contributed by atoms with Crippen LogP contribution in [-0.2, 0) is 11.2 Å². The summed E-state index contributed by atoms with van der Waals surface area (Å²) in [6, 6.07) is 6.19. The van der Waals surface area contributed by atoms with E-state index in [1.807, 2.05) is 41.5 Å². The molecule has 1 aromatic carbocycles. The molecule has 2 fully saturated rings. The largest absolute Gasteiger partial charge is 0.368 e. The van der Waals surface area contributed by atoms with Gasteiger partial charge in [-0.15, -0.1) is 0 Å². The van der Waals surface area contributed by atoms with Crippen molar-refractivity contribution in [1.82, 2.24) is 19.6 Å². The molecule has 2 aromatic heterocycles. The van der Waals surface area contributed by atoms with Crippen molar-refractivity contribution in [2.24, 2.45) is 0 Å². The number of carbonyl (C=O) groups is 1. The third-order valence-electron chi connectivity index (χ3n) is 6.99. The minimum Gasteiger partial charge on any atom is -0.368 e. The zero-order valence-electron chi connectivity index (χ0n) is 18.7. The number of rotatable bonds is 4. The fourth-order valence-electron chi connectivity index (χ4n) is 4.99. The lowest BCUT2D eigenvalue weighted by molar-refractivity contribution is -0.130. The number of piperazine rings is 1. The van der Waals surface area contributed by atoms with Crippen LogP contribution in [0.3, 0.4) is 0 Å². The number of aromatic nitrogens is 3. The van der Waals surface area contributed by atoms with Gasteiger partial charge in [0.1, 0.15) is 5.76 Å². The topological polar surface area (TPSA) is 84.5 Å². The summed E-state index contributed by atoms with van der Waals surface area (Å²) in [7, 11) is 0. The first-order chi connectivity index (χ1) is 15.5. The summed E-state index contributed by atoms with van der Waals surface area (Å²) in [4.78, 5) is 34.5. The highest BCUT2D eigenvalue weighted by Crippen LogP contribution is 2.29. The lowest BCUT2D eigenvalue weighted by atomic mass is 10.1. The Kier molecular flexibility index (Phi) is 5.45. The molecule has 1 saturated heterocycles. The summed E-state index contributed by atoms with van der Waals surface area (Å²) in [5.74, 6) is 0.817. The molecule has 5 rings (SSSR count). The van der Waals surface area contributed by atoms with Crippen LogP contribution in [0.2, 0.25) is 0 Å². The van der Waals surface area contributed by atoms with E-state index in [9.17, 15) is 9.59 Å². The van der Waals surface area contributed by atoms with Gasteiger partial charge in [-0.1, -0.05) is 18.0 Å². The van der Waals surface area contributed by atoms with Crippen LogP contribution in [0.5, 0.6) is 0 Å². The molecule has 0 unspecified atom stereocenters. The highest BCUT2D eigenvalue weighted by atomic mass is 16.5. The van der Waals surface area contributed by atoms with E-state index in [2.05, 4.69) is 15.0 Å². The fraction of sp³-hybridized carbons (Fsp3) is 0.500. The van der Waals surface area contributed by atoms with Crippen LogP contribution in [0.25, 0.3) is 10.9 Å². The van der Waals surface area contributed by atoms with Gasteiger partial charge < -0.3 is 14.3 Å². The first-order valence-corrected chi connectivity index (χ1v) is 11.5. The quantitative estimate of drug-likeness (QED) is 0.626. The van der Waals surface area contributed by atoms with Crippen LogP contribution in [0.15, 0.2) is 33.8 Å².